The number of carbonyl (C=O) groups excluding carboxylic acids is 1. The van der Waals surface area contributed by atoms with Crippen LogP contribution < -0.4 is 5.43 Å². The van der Waals surface area contributed by atoms with Gasteiger partial charge in [-0.2, -0.15) is 0 Å². The van der Waals surface area contributed by atoms with Crippen molar-refractivity contribution in [1.82, 2.24) is 10.4 Å². The Labute approximate surface area is 80.5 Å². The first-order valence-electron chi connectivity index (χ1n) is 4.42. The van der Waals surface area contributed by atoms with Gasteiger partial charge in [0.05, 0.1) is 5.57 Å². The number of hydrazine groups is 1. The molecule has 0 unspecified atom stereocenters. The molecule has 3 rings (SSSR count). The Morgan fingerprint density at radius 3 is 3.21 bits per heavy atom. The number of nitrogens with one attached hydrogen (secondary N) is 1. The van der Waals surface area contributed by atoms with E-state index < -0.39 is 0 Å². The zero-order valence-corrected chi connectivity index (χ0v) is 7.40. The Bertz CT molecular complexity index is 430. The van der Waals surface area contributed by atoms with E-state index in [0.29, 0.717) is 17.9 Å². The van der Waals surface area contributed by atoms with Gasteiger partial charge >= 0.3 is 0 Å². The normalized spacial score (nSPS) is 23.3. The summed E-state index contributed by atoms with van der Waals surface area (Å²) >= 11 is 0. The molecule has 3 aliphatic heterocycles. The van der Waals surface area contributed by atoms with Crippen molar-refractivity contribution in [2.75, 3.05) is 6.54 Å². The molecule has 5 heteroatoms. The lowest BCUT2D eigenvalue weighted by atomic mass is 10.2. The van der Waals surface area contributed by atoms with Crippen LogP contribution in [-0.2, 0) is 4.79 Å². The Hall–Kier alpha value is -1.75. The van der Waals surface area contributed by atoms with Crippen molar-refractivity contribution in [1.29, 1.82) is 0 Å². The van der Waals surface area contributed by atoms with Crippen LogP contribution in [0.2, 0.25) is 0 Å². The first kappa shape index (κ1) is 7.64. The SMILES string of the molecule is O=CC1=C2N=CC3=C(N=CC3)N2NC1. The first-order valence-corrected chi connectivity index (χ1v) is 4.42. The molecule has 5 nitrogen and oxygen atoms in total. The van der Waals surface area contributed by atoms with Crippen LogP contribution in [0.25, 0.3) is 0 Å². The molecule has 0 aromatic carbocycles. The lowest BCUT2D eigenvalue weighted by Gasteiger charge is -2.22. The summed E-state index contributed by atoms with van der Waals surface area (Å²) in [6.45, 7) is 0.530. The van der Waals surface area contributed by atoms with Gasteiger partial charge in [-0.15, -0.1) is 0 Å². The second-order valence-corrected chi connectivity index (χ2v) is 3.26. The molecule has 3 heterocycles. The van der Waals surface area contributed by atoms with Crippen molar-refractivity contribution < 1.29 is 4.79 Å². The van der Waals surface area contributed by atoms with Gasteiger partial charge < -0.3 is 0 Å². The summed E-state index contributed by atoms with van der Waals surface area (Å²) < 4.78 is 0. The van der Waals surface area contributed by atoms with Crippen LogP contribution in [0.4, 0.5) is 0 Å². The molecule has 0 saturated heterocycles. The average molecular weight is 188 g/mol. The molecule has 0 aromatic heterocycles. The van der Waals surface area contributed by atoms with E-state index in [9.17, 15) is 4.79 Å². The van der Waals surface area contributed by atoms with Crippen LogP contribution in [0.1, 0.15) is 6.42 Å². The maximum Gasteiger partial charge on any atom is 0.156 e. The molecule has 1 N–H and O–H groups in total. The summed E-state index contributed by atoms with van der Waals surface area (Å²) in [4.78, 5) is 19.2. The van der Waals surface area contributed by atoms with Gasteiger partial charge in [-0.1, -0.05) is 0 Å². The second-order valence-electron chi connectivity index (χ2n) is 3.26. The van der Waals surface area contributed by atoms with Gasteiger partial charge in [0.1, 0.15) is 0 Å². The molecular formula is C9H8N4O. The fourth-order valence-electron chi connectivity index (χ4n) is 1.73. The minimum Gasteiger partial charge on any atom is -0.298 e. The number of rotatable bonds is 1. The molecule has 0 radical (unpaired) electrons. The maximum atomic E-state index is 10.7. The van der Waals surface area contributed by atoms with E-state index >= 15 is 0 Å². The summed E-state index contributed by atoms with van der Waals surface area (Å²) in [6, 6.07) is 0. The number of nitrogens with zero attached hydrogens (tertiary/aromatic N) is 3. The molecule has 70 valence electrons. The van der Waals surface area contributed by atoms with Crippen LogP contribution in [-0.4, -0.2) is 30.3 Å². The van der Waals surface area contributed by atoms with Crippen LogP contribution in [0, 0.1) is 0 Å². The fraction of sp³-hybridized carbons (Fsp3) is 0.222. The van der Waals surface area contributed by atoms with E-state index in [1.165, 1.54) is 0 Å². The number of fused-ring (bicyclic) bond motifs is 2. The van der Waals surface area contributed by atoms with E-state index in [1.54, 1.807) is 11.2 Å². The van der Waals surface area contributed by atoms with E-state index in [2.05, 4.69) is 15.4 Å². The minimum atomic E-state index is 0.530. The van der Waals surface area contributed by atoms with Crippen molar-refractivity contribution in [3.8, 4) is 0 Å². The monoisotopic (exact) mass is 188 g/mol. The topological polar surface area (TPSA) is 57.1 Å². The summed E-state index contributed by atoms with van der Waals surface area (Å²) in [6.07, 6.45) is 5.29. The molecule has 14 heavy (non-hydrogen) atoms. The second kappa shape index (κ2) is 2.62. The largest absolute Gasteiger partial charge is 0.298 e. The summed E-state index contributed by atoms with van der Waals surface area (Å²) in [5.74, 6) is 1.55. The van der Waals surface area contributed by atoms with Crippen LogP contribution >= 0.6 is 0 Å². The van der Waals surface area contributed by atoms with Gasteiger partial charge in [0.25, 0.3) is 0 Å². The number of hydrogen-bond donors (Lipinski definition) is 1. The quantitative estimate of drug-likeness (QED) is 0.589. The number of carbonyl (C=O) groups is 1. The lowest BCUT2D eigenvalue weighted by Crippen LogP contribution is -2.32. The summed E-state index contributed by atoms with van der Waals surface area (Å²) in [7, 11) is 0. The number of hydrogen-bond acceptors (Lipinski definition) is 5. The highest BCUT2D eigenvalue weighted by Gasteiger charge is 2.29. The summed E-state index contributed by atoms with van der Waals surface area (Å²) in [5.41, 5.74) is 4.84. The predicted octanol–water partition coefficient (Wildman–Crippen LogP) is -0.0124. The third kappa shape index (κ3) is 0.843. The molecule has 0 aromatic rings. The Balaban J connectivity index is 2.10. The smallest absolute Gasteiger partial charge is 0.156 e. The number of aliphatic imine (C=N–C) groups is 2. The highest BCUT2D eigenvalue weighted by molar-refractivity contribution is 5.91. The first-order chi connectivity index (χ1) is 6.90. The van der Waals surface area contributed by atoms with Crippen molar-refractivity contribution in [2.24, 2.45) is 9.98 Å². The molecule has 0 fully saturated rings. The summed E-state index contributed by atoms with van der Waals surface area (Å²) in [5, 5.41) is 1.78. The van der Waals surface area contributed by atoms with Crippen molar-refractivity contribution in [3.05, 3.63) is 22.8 Å². The fourth-order valence-corrected chi connectivity index (χ4v) is 1.73. The lowest BCUT2D eigenvalue weighted by molar-refractivity contribution is -0.104. The highest BCUT2D eigenvalue weighted by Crippen LogP contribution is 2.29. The Kier molecular flexibility index (Phi) is 1.43. The molecule has 0 amide bonds. The van der Waals surface area contributed by atoms with Gasteiger partial charge in [-0.25, -0.2) is 20.4 Å². The third-order valence-electron chi connectivity index (χ3n) is 2.44. The molecule has 0 atom stereocenters. The number of aldehydes is 1. The van der Waals surface area contributed by atoms with Gasteiger partial charge in [0.15, 0.2) is 17.9 Å². The van der Waals surface area contributed by atoms with Crippen molar-refractivity contribution in [3.63, 3.8) is 0 Å². The van der Waals surface area contributed by atoms with E-state index in [1.807, 2.05) is 6.21 Å². The molecule has 0 aliphatic carbocycles. The zero-order chi connectivity index (χ0) is 9.54. The third-order valence-corrected chi connectivity index (χ3v) is 2.44. The standard InChI is InChI=1S/C9H8N4O/c14-5-7-4-12-13-8-6(1-2-10-8)3-11-9(7)13/h2-3,5,12H,1,4H2. The molecule has 0 spiro atoms. The van der Waals surface area contributed by atoms with E-state index in [4.69, 9.17) is 0 Å². The molecule has 0 bridgehead atoms. The maximum absolute atomic E-state index is 10.7. The van der Waals surface area contributed by atoms with Gasteiger partial charge in [0, 0.05) is 31.0 Å². The average Bonchev–Trinajstić information content (AvgIpc) is 2.82. The van der Waals surface area contributed by atoms with Crippen LogP contribution in [0.5, 0.6) is 0 Å². The van der Waals surface area contributed by atoms with Crippen LogP contribution in [0.15, 0.2) is 32.8 Å². The van der Waals surface area contributed by atoms with Gasteiger partial charge in [-0.3, -0.25) is 4.79 Å². The van der Waals surface area contributed by atoms with Crippen LogP contribution in [0.3, 0.4) is 0 Å². The van der Waals surface area contributed by atoms with E-state index in [0.717, 1.165) is 24.1 Å². The Morgan fingerprint density at radius 1 is 1.43 bits per heavy atom. The van der Waals surface area contributed by atoms with Gasteiger partial charge in [0.2, 0.25) is 0 Å². The highest BCUT2D eigenvalue weighted by atomic mass is 16.1. The zero-order valence-electron chi connectivity index (χ0n) is 7.40. The number of allylic oxidation sites excluding steroid dienone is 1. The van der Waals surface area contributed by atoms with E-state index in [-0.39, 0.29) is 0 Å². The van der Waals surface area contributed by atoms with Crippen molar-refractivity contribution in [2.45, 2.75) is 6.42 Å². The van der Waals surface area contributed by atoms with Crippen molar-refractivity contribution >= 4 is 18.7 Å². The Morgan fingerprint density at radius 2 is 2.36 bits per heavy atom. The molecular weight excluding hydrogens is 180 g/mol. The minimum absolute atomic E-state index is 0.530. The molecule has 3 aliphatic rings. The predicted molar refractivity (Wildman–Crippen MR) is 51.6 cm³/mol. The molecule has 0 saturated carbocycles. The van der Waals surface area contributed by atoms with Gasteiger partial charge in [-0.05, 0) is 0 Å².